The maximum Gasteiger partial charge on any atom is 0.321 e. The second-order valence-electron chi connectivity index (χ2n) is 6.51. The summed E-state index contributed by atoms with van der Waals surface area (Å²) >= 11 is 0. The van der Waals surface area contributed by atoms with Crippen LogP contribution in [-0.4, -0.2) is 34.2 Å². The summed E-state index contributed by atoms with van der Waals surface area (Å²) in [6.45, 7) is 3.34. The highest BCUT2D eigenvalue weighted by atomic mass is 16.4. The van der Waals surface area contributed by atoms with Crippen LogP contribution in [-0.2, 0) is 0 Å². The van der Waals surface area contributed by atoms with Crippen LogP contribution in [0.25, 0.3) is 11.5 Å². The molecule has 0 unspecified atom stereocenters. The first-order valence-electron chi connectivity index (χ1n) is 8.67. The lowest BCUT2D eigenvalue weighted by Gasteiger charge is -2.30. The van der Waals surface area contributed by atoms with Gasteiger partial charge in [-0.1, -0.05) is 17.7 Å². The molecular weight excluding hydrogens is 332 g/mol. The van der Waals surface area contributed by atoms with Gasteiger partial charge in [-0.05, 0) is 38.0 Å². The Balaban J connectivity index is 1.33. The Morgan fingerprint density at radius 3 is 2.62 bits per heavy atom. The Labute approximate surface area is 151 Å². The molecule has 3 heterocycles. The molecule has 2 aromatic heterocycles. The number of anilines is 1. The molecule has 0 spiro atoms. The zero-order valence-electron chi connectivity index (χ0n) is 14.5. The van der Waals surface area contributed by atoms with Crippen LogP contribution in [0.15, 0.2) is 51.7 Å². The number of aromatic nitrogens is 2. The van der Waals surface area contributed by atoms with Gasteiger partial charge in [0.2, 0.25) is 5.89 Å². The van der Waals surface area contributed by atoms with Crippen molar-refractivity contribution in [1.29, 1.82) is 0 Å². The Bertz CT molecular complexity index is 863. The van der Waals surface area contributed by atoms with E-state index in [1.807, 2.05) is 36.1 Å². The molecule has 0 aliphatic carbocycles. The lowest BCUT2D eigenvalue weighted by Crippen LogP contribution is -2.40. The summed E-state index contributed by atoms with van der Waals surface area (Å²) in [4.78, 5) is 14.2. The van der Waals surface area contributed by atoms with Gasteiger partial charge < -0.3 is 19.1 Å². The minimum atomic E-state index is -0.0723. The van der Waals surface area contributed by atoms with Crippen LogP contribution >= 0.6 is 0 Å². The molecule has 1 fully saturated rings. The average Bonchev–Trinajstić information content (AvgIpc) is 3.35. The Morgan fingerprint density at radius 1 is 1.15 bits per heavy atom. The van der Waals surface area contributed by atoms with Crippen molar-refractivity contribution in [2.75, 3.05) is 18.4 Å². The van der Waals surface area contributed by atoms with Crippen LogP contribution in [0.5, 0.6) is 0 Å². The van der Waals surface area contributed by atoms with Gasteiger partial charge in [0.25, 0.3) is 5.89 Å². The minimum absolute atomic E-state index is 0.0723. The Morgan fingerprint density at radius 2 is 1.92 bits per heavy atom. The highest BCUT2D eigenvalue weighted by Gasteiger charge is 2.27. The molecular formula is C19H20N4O3. The van der Waals surface area contributed by atoms with E-state index in [0.29, 0.717) is 24.9 Å². The summed E-state index contributed by atoms with van der Waals surface area (Å²) in [6, 6.07) is 9.50. The van der Waals surface area contributed by atoms with Crippen molar-refractivity contribution in [3.05, 3.63) is 54.3 Å². The third-order valence-electron chi connectivity index (χ3n) is 4.64. The van der Waals surface area contributed by atoms with Gasteiger partial charge in [0.1, 0.15) is 6.26 Å². The molecule has 1 aromatic carbocycles. The second kappa shape index (κ2) is 7.03. The third kappa shape index (κ3) is 3.46. The van der Waals surface area contributed by atoms with Gasteiger partial charge in [0.15, 0.2) is 0 Å². The van der Waals surface area contributed by atoms with Crippen molar-refractivity contribution < 1.29 is 13.6 Å². The topological polar surface area (TPSA) is 84.4 Å². The predicted octanol–water partition coefficient (Wildman–Crippen LogP) is 4.05. The molecule has 0 saturated carbocycles. The van der Waals surface area contributed by atoms with Gasteiger partial charge in [0.05, 0.1) is 11.8 Å². The van der Waals surface area contributed by atoms with E-state index in [2.05, 4.69) is 15.5 Å². The smallest absolute Gasteiger partial charge is 0.321 e. The quantitative estimate of drug-likeness (QED) is 0.769. The molecule has 2 amide bonds. The zero-order chi connectivity index (χ0) is 17.9. The lowest BCUT2D eigenvalue weighted by molar-refractivity contribution is 0.190. The van der Waals surface area contributed by atoms with Crippen LogP contribution in [0, 0.1) is 6.92 Å². The van der Waals surface area contributed by atoms with Gasteiger partial charge in [-0.3, -0.25) is 0 Å². The van der Waals surface area contributed by atoms with Crippen molar-refractivity contribution in [1.82, 2.24) is 15.1 Å². The maximum absolute atomic E-state index is 12.4. The van der Waals surface area contributed by atoms with E-state index in [4.69, 9.17) is 8.83 Å². The standard InChI is InChI=1S/C19H20N4O3/c1-13-2-4-16(5-3-13)20-19(24)23-9-6-14(7-10-23)17-21-22-18(26-17)15-8-11-25-12-15/h2-5,8,11-12,14H,6-7,9-10H2,1H3,(H,20,24). The molecule has 7 nitrogen and oxygen atoms in total. The number of carbonyl (C=O) groups is 1. The van der Waals surface area contributed by atoms with Crippen LogP contribution < -0.4 is 5.32 Å². The number of hydrogen-bond acceptors (Lipinski definition) is 5. The molecule has 0 atom stereocenters. The summed E-state index contributed by atoms with van der Waals surface area (Å²) in [5.41, 5.74) is 2.75. The van der Waals surface area contributed by atoms with Gasteiger partial charge >= 0.3 is 6.03 Å². The van der Waals surface area contributed by atoms with Gasteiger partial charge in [-0.2, -0.15) is 0 Å². The fourth-order valence-electron chi connectivity index (χ4n) is 3.07. The number of likely N-dealkylation sites (tertiary alicyclic amines) is 1. The maximum atomic E-state index is 12.4. The first-order chi connectivity index (χ1) is 12.7. The van der Waals surface area contributed by atoms with Crippen molar-refractivity contribution in [3.8, 4) is 11.5 Å². The third-order valence-corrected chi connectivity index (χ3v) is 4.64. The van der Waals surface area contributed by atoms with Gasteiger partial charge in [-0.25, -0.2) is 4.79 Å². The zero-order valence-corrected chi connectivity index (χ0v) is 14.5. The molecule has 3 aromatic rings. The minimum Gasteiger partial charge on any atom is -0.472 e. The van der Waals surface area contributed by atoms with E-state index in [0.717, 1.165) is 29.7 Å². The largest absolute Gasteiger partial charge is 0.472 e. The van der Waals surface area contributed by atoms with Crippen LogP contribution in [0.4, 0.5) is 10.5 Å². The Hall–Kier alpha value is -3.09. The van der Waals surface area contributed by atoms with Crippen molar-refractivity contribution in [3.63, 3.8) is 0 Å². The number of nitrogens with zero attached hydrogens (tertiary/aromatic N) is 3. The van der Waals surface area contributed by atoms with E-state index in [1.165, 1.54) is 0 Å². The van der Waals surface area contributed by atoms with Crippen molar-refractivity contribution >= 4 is 11.7 Å². The first kappa shape index (κ1) is 16.4. The molecule has 0 radical (unpaired) electrons. The fraction of sp³-hybridized carbons (Fsp3) is 0.316. The fourth-order valence-corrected chi connectivity index (χ4v) is 3.07. The van der Waals surface area contributed by atoms with E-state index >= 15 is 0 Å². The molecule has 1 N–H and O–H groups in total. The van der Waals surface area contributed by atoms with Gasteiger partial charge in [-0.15, -0.1) is 10.2 Å². The summed E-state index contributed by atoms with van der Waals surface area (Å²) in [6.07, 6.45) is 4.75. The first-order valence-corrected chi connectivity index (χ1v) is 8.67. The number of amides is 2. The highest BCUT2D eigenvalue weighted by molar-refractivity contribution is 5.89. The molecule has 4 rings (SSSR count). The van der Waals surface area contributed by atoms with E-state index in [1.54, 1.807) is 18.6 Å². The second-order valence-corrected chi connectivity index (χ2v) is 6.51. The van der Waals surface area contributed by atoms with Gasteiger partial charge in [0, 0.05) is 24.7 Å². The molecule has 26 heavy (non-hydrogen) atoms. The monoisotopic (exact) mass is 352 g/mol. The molecule has 0 bridgehead atoms. The number of rotatable bonds is 3. The molecule has 1 aliphatic rings. The summed E-state index contributed by atoms with van der Waals surface area (Å²) in [5.74, 6) is 1.26. The number of urea groups is 1. The number of benzene rings is 1. The Kier molecular flexibility index (Phi) is 4.43. The van der Waals surface area contributed by atoms with E-state index in [-0.39, 0.29) is 11.9 Å². The number of nitrogens with one attached hydrogen (secondary N) is 1. The van der Waals surface area contributed by atoms with E-state index < -0.39 is 0 Å². The predicted molar refractivity (Wildman–Crippen MR) is 95.7 cm³/mol. The van der Waals surface area contributed by atoms with Crippen LogP contribution in [0.3, 0.4) is 0 Å². The van der Waals surface area contributed by atoms with Crippen molar-refractivity contribution in [2.45, 2.75) is 25.7 Å². The summed E-state index contributed by atoms with van der Waals surface area (Å²) in [7, 11) is 0. The molecule has 1 aliphatic heterocycles. The SMILES string of the molecule is Cc1ccc(NC(=O)N2CCC(c3nnc(-c4ccoc4)o3)CC2)cc1. The molecule has 1 saturated heterocycles. The number of aryl methyl sites for hydroxylation is 1. The number of hydrogen-bond donors (Lipinski definition) is 1. The normalized spacial score (nSPS) is 15.2. The summed E-state index contributed by atoms with van der Waals surface area (Å²) < 4.78 is 10.8. The molecule has 134 valence electrons. The number of furan rings is 1. The van der Waals surface area contributed by atoms with Crippen LogP contribution in [0.1, 0.15) is 30.2 Å². The lowest BCUT2D eigenvalue weighted by atomic mass is 9.97. The van der Waals surface area contributed by atoms with E-state index in [9.17, 15) is 4.79 Å². The summed E-state index contributed by atoms with van der Waals surface area (Å²) in [5, 5.41) is 11.2. The number of carbonyl (C=O) groups excluding carboxylic acids is 1. The highest BCUT2D eigenvalue weighted by Crippen LogP contribution is 2.29. The average molecular weight is 352 g/mol. The number of piperidine rings is 1. The van der Waals surface area contributed by atoms with Crippen LogP contribution in [0.2, 0.25) is 0 Å². The molecule has 7 heteroatoms. The van der Waals surface area contributed by atoms with Crippen molar-refractivity contribution in [2.24, 2.45) is 0 Å².